The van der Waals surface area contributed by atoms with E-state index < -0.39 is 0 Å². The van der Waals surface area contributed by atoms with Gasteiger partial charge >= 0.3 is 0 Å². The first-order valence-electron chi connectivity index (χ1n) is 5.06. The van der Waals surface area contributed by atoms with Crippen LogP contribution in [0.4, 0.5) is 5.69 Å². The number of hydrogen-bond acceptors (Lipinski definition) is 2. The van der Waals surface area contributed by atoms with E-state index in [2.05, 4.69) is 5.10 Å². The molecule has 2 aromatic rings. The van der Waals surface area contributed by atoms with Gasteiger partial charge in [0.1, 0.15) is 0 Å². The van der Waals surface area contributed by atoms with Crippen LogP contribution in [0.3, 0.4) is 0 Å². The van der Waals surface area contributed by atoms with Gasteiger partial charge in [-0.15, -0.1) is 0 Å². The summed E-state index contributed by atoms with van der Waals surface area (Å²) in [5.74, 6) is 0. The molecule has 3 nitrogen and oxygen atoms in total. The molecule has 0 spiro atoms. The lowest BCUT2D eigenvalue weighted by molar-refractivity contribution is 0.731. The van der Waals surface area contributed by atoms with Crippen LogP contribution in [0.1, 0.15) is 11.4 Å². The zero-order valence-electron chi connectivity index (χ0n) is 9.58. The molecule has 0 amide bonds. The minimum Gasteiger partial charge on any atom is -0.398 e. The summed E-state index contributed by atoms with van der Waals surface area (Å²) in [7, 11) is 1.94. The number of nitrogens with zero attached hydrogens (tertiary/aromatic N) is 2. The summed E-state index contributed by atoms with van der Waals surface area (Å²) in [5.41, 5.74) is 10.7. The van der Waals surface area contributed by atoms with Crippen LogP contribution in [-0.2, 0) is 7.05 Å². The molecule has 0 saturated heterocycles. The standard InChI is InChI=1S/C12H14ClN3/c1-7-12(8(2)16(3)15-7)9-4-5-10(13)11(14)6-9/h4-6H,14H2,1-3H3. The SMILES string of the molecule is Cc1nn(C)c(C)c1-c1ccc(Cl)c(N)c1. The highest BCUT2D eigenvalue weighted by molar-refractivity contribution is 6.33. The van der Waals surface area contributed by atoms with Crippen LogP contribution in [0, 0.1) is 13.8 Å². The van der Waals surface area contributed by atoms with Crippen molar-refractivity contribution in [2.75, 3.05) is 5.73 Å². The quantitative estimate of drug-likeness (QED) is 0.773. The molecule has 16 heavy (non-hydrogen) atoms. The Balaban J connectivity index is 2.63. The summed E-state index contributed by atoms with van der Waals surface area (Å²) in [4.78, 5) is 0. The third kappa shape index (κ3) is 1.67. The molecule has 0 aliphatic rings. The number of benzene rings is 1. The summed E-state index contributed by atoms with van der Waals surface area (Å²) < 4.78 is 1.87. The first kappa shape index (κ1) is 11.0. The van der Waals surface area contributed by atoms with Crippen molar-refractivity contribution in [2.24, 2.45) is 7.05 Å². The van der Waals surface area contributed by atoms with Crippen LogP contribution < -0.4 is 5.73 Å². The molecule has 2 rings (SSSR count). The Labute approximate surface area is 99.8 Å². The molecule has 1 aromatic heterocycles. The molecule has 0 bridgehead atoms. The van der Waals surface area contributed by atoms with Crippen molar-refractivity contribution >= 4 is 17.3 Å². The molecule has 0 fully saturated rings. The monoisotopic (exact) mass is 235 g/mol. The van der Waals surface area contributed by atoms with Gasteiger partial charge in [0.25, 0.3) is 0 Å². The van der Waals surface area contributed by atoms with Crippen LogP contribution in [0.2, 0.25) is 5.02 Å². The Morgan fingerprint density at radius 2 is 2.00 bits per heavy atom. The number of nitrogen functional groups attached to an aromatic ring is 1. The normalized spacial score (nSPS) is 10.8. The fraction of sp³-hybridized carbons (Fsp3) is 0.250. The third-order valence-electron chi connectivity index (χ3n) is 2.79. The van der Waals surface area contributed by atoms with E-state index in [1.807, 2.05) is 43.8 Å². The van der Waals surface area contributed by atoms with Crippen molar-refractivity contribution in [2.45, 2.75) is 13.8 Å². The van der Waals surface area contributed by atoms with E-state index in [1.54, 1.807) is 0 Å². The first-order valence-corrected chi connectivity index (χ1v) is 5.44. The third-order valence-corrected chi connectivity index (χ3v) is 3.14. The van der Waals surface area contributed by atoms with Crippen LogP contribution in [0.15, 0.2) is 18.2 Å². The number of aromatic nitrogens is 2. The zero-order chi connectivity index (χ0) is 11.9. The lowest BCUT2D eigenvalue weighted by Crippen LogP contribution is -1.93. The molecule has 84 valence electrons. The van der Waals surface area contributed by atoms with E-state index >= 15 is 0 Å². The molecule has 1 heterocycles. The van der Waals surface area contributed by atoms with E-state index in [1.165, 1.54) is 0 Å². The maximum Gasteiger partial charge on any atom is 0.0674 e. The molecule has 1 aromatic carbocycles. The molecule has 0 aliphatic heterocycles. The van der Waals surface area contributed by atoms with E-state index in [9.17, 15) is 0 Å². The Morgan fingerprint density at radius 3 is 2.50 bits per heavy atom. The highest BCUT2D eigenvalue weighted by Gasteiger charge is 2.12. The molecule has 4 heteroatoms. The Morgan fingerprint density at radius 1 is 1.31 bits per heavy atom. The Kier molecular flexibility index (Phi) is 2.64. The Bertz CT molecular complexity index is 543. The number of aryl methyl sites for hydroxylation is 2. The number of nitrogens with two attached hydrogens (primary N) is 1. The highest BCUT2D eigenvalue weighted by atomic mass is 35.5. The second-order valence-corrected chi connectivity index (χ2v) is 4.31. The minimum absolute atomic E-state index is 0.586. The number of halogens is 1. The van der Waals surface area contributed by atoms with Crippen LogP contribution >= 0.6 is 11.6 Å². The van der Waals surface area contributed by atoms with Crippen LogP contribution in [0.5, 0.6) is 0 Å². The van der Waals surface area contributed by atoms with Gasteiger partial charge in [-0.1, -0.05) is 17.7 Å². The van der Waals surface area contributed by atoms with Gasteiger partial charge in [-0.2, -0.15) is 5.10 Å². The topological polar surface area (TPSA) is 43.8 Å². The largest absolute Gasteiger partial charge is 0.398 e. The molecule has 2 N–H and O–H groups in total. The maximum atomic E-state index is 5.91. The molecular weight excluding hydrogens is 222 g/mol. The second-order valence-electron chi connectivity index (χ2n) is 3.91. The molecule has 0 atom stereocenters. The summed E-state index contributed by atoms with van der Waals surface area (Å²) in [6, 6.07) is 5.67. The van der Waals surface area contributed by atoms with E-state index in [4.69, 9.17) is 17.3 Å². The van der Waals surface area contributed by atoms with Crippen molar-refractivity contribution in [1.82, 2.24) is 9.78 Å². The molecule has 0 unspecified atom stereocenters. The summed E-state index contributed by atoms with van der Waals surface area (Å²) in [6.07, 6.45) is 0. The smallest absolute Gasteiger partial charge is 0.0674 e. The fourth-order valence-electron chi connectivity index (χ4n) is 1.89. The number of hydrogen-bond donors (Lipinski definition) is 1. The van der Waals surface area contributed by atoms with Crippen molar-refractivity contribution in [1.29, 1.82) is 0 Å². The van der Waals surface area contributed by atoms with Crippen molar-refractivity contribution in [3.05, 3.63) is 34.6 Å². The maximum absolute atomic E-state index is 5.91. The first-order chi connectivity index (χ1) is 7.50. The second kappa shape index (κ2) is 3.83. The van der Waals surface area contributed by atoms with Crippen LogP contribution in [0.25, 0.3) is 11.1 Å². The average Bonchev–Trinajstić information content (AvgIpc) is 2.47. The highest BCUT2D eigenvalue weighted by Crippen LogP contribution is 2.30. The lowest BCUT2D eigenvalue weighted by Gasteiger charge is -2.05. The molecule has 0 saturated carbocycles. The average molecular weight is 236 g/mol. The van der Waals surface area contributed by atoms with Gasteiger partial charge in [-0.05, 0) is 31.5 Å². The van der Waals surface area contributed by atoms with E-state index in [0.29, 0.717) is 10.7 Å². The van der Waals surface area contributed by atoms with Gasteiger partial charge in [0.2, 0.25) is 0 Å². The van der Waals surface area contributed by atoms with Crippen molar-refractivity contribution in [3.8, 4) is 11.1 Å². The van der Waals surface area contributed by atoms with Gasteiger partial charge in [0.05, 0.1) is 16.4 Å². The summed E-state index contributed by atoms with van der Waals surface area (Å²) in [6.45, 7) is 4.03. The van der Waals surface area contributed by atoms with Gasteiger partial charge in [-0.25, -0.2) is 0 Å². The summed E-state index contributed by atoms with van der Waals surface area (Å²) >= 11 is 5.91. The van der Waals surface area contributed by atoms with E-state index in [-0.39, 0.29) is 0 Å². The van der Waals surface area contributed by atoms with Gasteiger partial charge in [0.15, 0.2) is 0 Å². The number of rotatable bonds is 1. The Hall–Kier alpha value is -1.48. The predicted octanol–water partition coefficient (Wildman–Crippen LogP) is 2.94. The van der Waals surface area contributed by atoms with Gasteiger partial charge in [-0.3, -0.25) is 4.68 Å². The number of anilines is 1. The molecule has 0 radical (unpaired) electrons. The predicted molar refractivity (Wildman–Crippen MR) is 67.5 cm³/mol. The zero-order valence-corrected chi connectivity index (χ0v) is 10.3. The van der Waals surface area contributed by atoms with Crippen molar-refractivity contribution in [3.63, 3.8) is 0 Å². The van der Waals surface area contributed by atoms with E-state index in [0.717, 1.165) is 22.5 Å². The molecule has 0 aliphatic carbocycles. The van der Waals surface area contributed by atoms with Crippen molar-refractivity contribution < 1.29 is 0 Å². The lowest BCUT2D eigenvalue weighted by atomic mass is 10.0. The van der Waals surface area contributed by atoms with Gasteiger partial charge in [0, 0.05) is 18.3 Å². The van der Waals surface area contributed by atoms with Crippen LogP contribution in [-0.4, -0.2) is 9.78 Å². The minimum atomic E-state index is 0.586. The molecular formula is C12H14ClN3. The van der Waals surface area contributed by atoms with Gasteiger partial charge < -0.3 is 5.73 Å². The fourth-order valence-corrected chi connectivity index (χ4v) is 2.01. The summed E-state index contributed by atoms with van der Waals surface area (Å²) in [5, 5.41) is 4.97.